The predicted octanol–water partition coefficient (Wildman–Crippen LogP) is 17.7. The summed E-state index contributed by atoms with van der Waals surface area (Å²) in [4.78, 5) is 93.5. The summed E-state index contributed by atoms with van der Waals surface area (Å²) in [6, 6.07) is 65.7. The van der Waals surface area contributed by atoms with E-state index in [9.17, 15) is 52.2 Å². The molecule has 8 heterocycles. The number of nitrogens with zero attached hydrogens (tertiary/aromatic N) is 3. The Morgan fingerprint density at radius 3 is 1.67 bits per heavy atom. The fourth-order valence-electron chi connectivity index (χ4n) is 14.7. The summed E-state index contributed by atoms with van der Waals surface area (Å²) in [5, 5.41) is 27.2. The van der Waals surface area contributed by atoms with Gasteiger partial charge in [-0.25, -0.2) is 32.4 Å². The summed E-state index contributed by atoms with van der Waals surface area (Å²) in [5.74, 6) is 2.51. The van der Waals surface area contributed by atoms with Crippen molar-refractivity contribution >= 4 is 79.6 Å². The number of para-hydroxylation sites is 2. The Bertz CT molecular complexity index is 6980. The molecule has 0 bridgehead atoms. The minimum absolute atomic E-state index is 0.00303. The zero-order chi connectivity index (χ0) is 93.5. The van der Waals surface area contributed by atoms with Gasteiger partial charge in [0.15, 0.2) is 57.6 Å². The molecule has 0 saturated heterocycles. The monoisotopic (exact) mass is 1840 g/mol. The molecule has 0 spiro atoms. The first kappa shape index (κ1) is 90.1. The number of carbonyl (C=O) groups excluding carboxylic acids is 4. The first-order valence-electron chi connectivity index (χ1n) is 41.3. The predicted molar refractivity (Wildman–Crippen MR) is 484 cm³/mol. The first-order chi connectivity index (χ1) is 64.0. The Morgan fingerprint density at radius 2 is 1.08 bits per heavy atom. The summed E-state index contributed by atoms with van der Waals surface area (Å²) in [6.45, 7) is 14.2. The lowest BCUT2D eigenvalue weighted by atomic mass is 9.87. The van der Waals surface area contributed by atoms with E-state index in [1.54, 1.807) is 168 Å². The number of carbonyl (C=O) groups is 6. The van der Waals surface area contributed by atoms with Crippen LogP contribution < -0.4 is 86.6 Å². The van der Waals surface area contributed by atoms with E-state index in [4.69, 9.17) is 70.7 Å². The standard InChI is InChI=1S/C27H24N2O6S.C27H21NO6.C24H25N3O6S.C21H14O8/c1-27(2,3)16-5-8-18(9-6-16)36-29-26(32)23(15-4-11-21-22(12-15)34-14-33-21)35-17-7-10-19-20(13-17)25(31)28-24(19)30;1-31-18-13-11-16(12-14-18)22-23(27(29)30)26(33-15-17-7-3-5-9-20(17)32-2)28-24-19-8-4-6-10-21(19)34-25(22)24;1-14(2)17-5-8-19(9-6-17)34(30,31)26-23(28)22(27-24(29)15(3)11-16(4)25-27)18-7-10-20-21(12-18)33-13-32-20;22-21(23)20-16(28-12-4-6-14-18(8-12)26-10-24-14)2-1-3-17(20)29-13-5-7-15-19(9-13)27-11-25-15/h4-13,23H,14H2,1-3H3,(H,29,32)(H,28,30,31);3-14H,15H2,1-2H3,(H,29,30);5-12,14,22H,13H2,1-4H3,(H,26,28);1-9H,10-11H2,(H,22,23). The van der Waals surface area contributed by atoms with E-state index in [-0.39, 0.29) is 95.4 Å². The topological polar surface area (TPSA) is 403 Å². The summed E-state index contributed by atoms with van der Waals surface area (Å²) < 4.78 is 115. The molecule has 19 rings (SSSR count). The Hall–Kier alpha value is -16.2. The minimum atomic E-state index is -4.21. The van der Waals surface area contributed by atoms with Crippen LogP contribution >= 0.6 is 11.9 Å². The maximum Gasteiger partial charge on any atom is 0.343 e. The average molecular weight is 1840 g/mol. The van der Waals surface area contributed by atoms with Crippen molar-refractivity contribution in [1.29, 1.82) is 0 Å². The van der Waals surface area contributed by atoms with Gasteiger partial charge in [-0.05, 0) is 199 Å². The Kier molecular flexibility index (Phi) is 26.2. The van der Waals surface area contributed by atoms with Crippen molar-refractivity contribution < 1.29 is 118 Å². The van der Waals surface area contributed by atoms with Gasteiger partial charge in [0.2, 0.25) is 39.2 Å². The molecule has 3 aromatic heterocycles. The van der Waals surface area contributed by atoms with Crippen LogP contribution in [0.1, 0.15) is 133 Å². The van der Waals surface area contributed by atoms with Gasteiger partial charge in [0.05, 0.1) is 35.9 Å². The summed E-state index contributed by atoms with van der Waals surface area (Å²) in [7, 11) is -1.06. The number of hydrogen-bond acceptors (Lipinski definition) is 27. The molecule has 14 aromatic rings. The number of aromatic nitrogens is 3. The van der Waals surface area contributed by atoms with Crippen molar-refractivity contribution in [3.05, 3.63) is 308 Å². The fraction of sp³-hybridized carbons (Fsp3) is 0.182. The Balaban J connectivity index is 0.000000129. The number of imide groups is 1. The van der Waals surface area contributed by atoms with Gasteiger partial charge in [0.25, 0.3) is 39.2 Å². The maximum absolute atomic E-state index is 13.4. The van der Waals surface area contributed by atoms with Crippen LogP contribution in [-0.4, -0.2) is 110 Å². The van der Waals surface area contributed by atoms with E-state index in [2.05, 4.69) is 45.6 Å². The van der Waals surface area contributed by atoms with Gasteiger partial charge in [0, 0.05) is 44.7 Å². The molecule has 5 N–H and O–H groups in total. The zero-order valence-electron chi connectivity index (χ0n) is 72.6. The molecule has 2 unspecified atom stereocenters. The number of nitrogens with one attached hydrogen (secondary N) is 3. The molecule has 32 nitrogen and oxygen atoms in total. The highest BCUT2D eigenvalue weighted by Crippen LogP contribution is 2.46. The lowest BCUT2D eigenvalue weighted by Crippen LogP contribution is -2.42. The van der Waals surface area contributed by atoms with Crippen molar-refractivity contribution in [1.82, 2.24) is 29.5 Å². The van der Waals surface area contributed by atoms with Crippen LogP contribution in [0.25, 0.3) is 33.2 Å². The van der Waals surface area contributed by atoms with Crippen molar-refractivity contribution in [2.75, 3.05) is 41.4 Å². The second-order valence-electron chi connectivity index (χ2n) is 31.6. The third-order valence-electron chi connectivity index (χ3n) is 21.4. The van der Waals surface area contributed by atoms with Crippen molar-refractivity contribution in [2.45, 2.75) is 88.3 Å². The molecule has 133 heavy (non-hydrogen) atoms. The molecule has 5 aliphatic heterocycles. The van der Waals surface area contributed by atoms with Crippen molar-refractivity contribution in [3.8, 4) is 103 Å². The number of hydrogen-bond donors (Lipinski definition) is 5. The van der Waals surface area contributed by atoms with Crippen LogP contribution in [0.3, 0.4) is 0 Å². The third kappa shape index (κ3) is 20.0. The van der Waals surface area contributed by atoms with Crippen LogP contribution in [0.4, 0.5) is 0 Å². The van der Waals surface area contributed by atoms with E-state index < -0.39 is 63.3 Å². The van der Waals surface area contributed by atoms with E-state index in [0.29, 0.717) is 119 Å². The minimum Gasteiger partial charge on any atom is -0.497 e. The molecule has 0 fully saturated rings. The van der Waals surface area contributed by atoms with Crippen LogP contribution in [0.2, 0.25) is 0 Å². The number of benzene rings is 11. The van der Waals surface area contributed by atoms with E-state index >= 15 is 0 Å². The number of pyridine rings is 1. The number of sulfonamides is 1. The smallest absolute Gasteiger partial charge is 0.343 e. The second-order valence-corrected chi connectivity index (χ2v) is 34.2. The molecule has 11 aromatic carbocycles. The number of methoxy groups -OCH3 is 2. The molecule has 0 saturated carbocycles. The SMILES string of the molecule is CC(C)(C)c1ccc(SNC(=O)C(Oc2ccc3c(c2)C(=O)NC3=O)c2ccc3c(c2)OCO3)cc1.COc1ccc(-c2c(C(=O)O)c(OCc3ccccc3OC)nc3c2oc2ccccc23)cc1.Cc1cc(C)c(=O)n(C(C(=O)NS(=O)(=O)c2ccc(C(C)C)cc2)c2ccc3c(c2)OCO3)n1.O=C(O)c1c(Oc2ccc3c(c2)OCO3)cccc1Oc1ccc2c(c1)OCO2. The van der Waals surface area contributed by atoms with Gasteiger partial charge in [-0.1, -0.05) is 120 Å². The molecule has 4 amide bonds. The quantitative estimate of drug-likeness (QED) is 0.0277. The number of carboxylic acid groups (broad SMARTS) is 2. The van der Waals surface area contributed by atoms with Crippen LogP contribution in [0.15, 0.2) is 256 Å². The van der Waals surface area contributed by atoms with Gasteiger partial charge in [0.1, 0.15) is 69.1 Å². The lowest BCUT2D eigenvalue weighted by Gasteiger charge is -2.20. The van der Waals surface area contributed by atoms with Crippen molar-refractivity contribution in [3.63, 3.8) is 0 Å². The first-order valence-corrected chi connectivity index (χ1v) is 43.6. The molecule has 5 aliphatic rings. The summed E-state index contributed by atoms with van der Waals surface area (Å²) in [5.41, 5.74) is 7.04. The molecule has 0 aliphatic carbocycles. The van der Waals surface area contributed by atoms with Gasteiger partial charge in [-0.15, -0.1) is 0 Å². The van der Waals surface area contributed by atoms with E-state index in [1.807, 2.05) is 86.6 Å². The third-order valence-corrected chi connectivity index (χ3v) is 23.6. The summed E-state index contributed by atoms with van der Waals surface area (Å²) in [6.07, 6.45) is -1.06. The van der Waals surface area contributed by atoms with E-state index in [0.717, 1.165) is 26.1 Å². The number of fused-ring (bicyclic) bond motifs is 8. The molecular formula is C99H84N6O26S2. The van der Waals surface area contributed by atoms with Crippen LogP contribution in [-0.2, 0) is 31.6 Å². The largest absolute Gasteiger partial charge is 0.497 e. The van der Waals surface area contributed by atoms with Gasteiger partial charge < -0.3 is 80.9 Å². The molecule has 34 heteroatoms. The highest BCUT2D eigenvalue weighted by Gasteiger charge is 2.35. The number of aryl methyl sites for hydroxylation is 2. The van der Waals surface area contributed by atoms with E-state index in [1.165, 1.54) is 41.8 Å². The number of furan rings is 1. The highest BCUT2D eigenvalue weighted by molar-refractivity contribution is 7.98. The second kappa shape index (κ2) is 38.6. The lowest BCUT2D eigenvalue weighted by molar-refractivity contribution is -0.126. The van der Waals surface area contributed by atoms with Gasteiger partial charge in [-0.2, -0.15) is 5.10 Å². The molecular weight excluding hydrogens is 1750 g/mol. The molecule has 678 valence electrons. The summed E-state index contributed by atoms with van der Waals surface area (Å²) >= 11 is 1.18. The Morgan fingerprint density at radius 1 is 0.541 bits per heavy atom. The van der Waals surface area contributed by atoms with Gasteiger partial charge in [-0.3, -0.25) is 34.0 Å². The van der Waals surface area contributed by atoms with Crippen LogP contribution in [0, 0.1) is 13.8 Å². The fourth-order valence-corrected chi connectivity index (χ4v) is 16.2. The average Bonchev–Trinajstić information content (AvgIpc) is 1.60. The van der Waals surface area contributed by atoms with Gasteiger partial charge >= 0.3 is 11.9 Å². The number of ether oxygens (including phenoxy) is 14. The van der Waals surface area contributed by atoms with Crippen LogP contribution in [0.5, 0.6) is 92.1 Å². The number of aromatic carboxylic acids is 2. The zero-order valence-corrected chi connectivity index (χ0v) is 74.3. The number of carboxylic acids is 2. The molecule has 2 atom stereocenters. The normalized spacial score (nSPS) is 13.2. The number of amides is 4. The highest BCUT2D eigenvalue weighted by atomic mass is 32.2. The Labute approximate surface area is 764 Å². The van der Waals surface area contributed by atoms with Crippen molar-refractivity contribution in [2.24, 2.45) is 0 Å². The number of rotatable bonds is 24. The molecule has 0 radical (unpaired) electrons. The maximum atomic E-state index is 13.4.